The van der Waals surface area contributed by atoms with E-state index in [4.69, 9.17) is 9.15 Å². The molecular formula is C20H23F3N6O4. The number of ether oxygens (including phenoxy) is 1. The van der Waals surface area contributed by atoms with E-state index in [1.54, 1.807) is 17.9 Å². The van der Waals surface area contributed by atoms with Gasteiger partial charge in [-0.2, -0.15) is 18.2 Å². The molecule has 33 heavy (non-hydrogen) atoms. The van der Waals surface area contributed by atoms with Crippen LogP contribution in [0.15, 0.2) is 22.7 Å². The fourth-order valence-electron chi connectivity index (χ4n) is 3.47. The number of rotatable bonds is 5. The van der Waals surface area contributed by atoms with Crippen molar-refractivity contribution >= 4 is 29.5 Å². The maximum absolute atomic E-state index is 13.4. The van der Waals surface area contributed by atoms with Gasteiger partial charge in [0.15, 0.2) is 5.69 Å². The number of carbonyl (C=O) groups excluding carboxylic acids is 2. The maximum Gasteiger partial charge on any atom is 0.437 e. The van der Waals surface area contributed by atoms with Crippen molar-refractivity contribution in [3.63, 3.8) is 0 Å². The fraction of sp³-hybridized carbons (Fsp3) is 0.500. The number of piperazine rings is 1. The van der Waals surface area contributed by atoms with Gasteiger partial charge in [0, 0.05) is 39.3 Å². The third-order valence-electron chi connectivity index (χ3n) is 5.35. The molecule has 0 saturated carbocycles. The molecule has 0 unspecified atom stereocenters. The minimum absolute atomic E-state index is 0.212. The lowest BCUT2D eigenvalue weighted by molar-refractivity contribution is -0.141. The molecule has 0 spiro atoms. The van der Waals surface area contributed by atoms with Gasteiger partial charge in [-0.1, -0.05) is 0 Å². The Morgan fingerprint density at radius 3 is 2.39 bits per heavy atom. The van der Waals surface area contributed by atoms with Crippen LogP contribution in [0.4, 0.5) is 35.5 Å². The van der Waals surface area contributed by atoms with Crippen LogP contribution in [0.1, 0.15) is 29.6 Å². The molecule has 4 rings (SSSR count). The van der Waals surface area contributed by atoms with E-state index in [9.17, 15) is 22.8 Å². The number of hydrogen-bond acceptors (Lipinski definition) is 8. The first-order chi connectivity index (χ1) is 15.8. The van der Waals surface area contributed by atoms with E-state index in [0.717, 1.165) is 6.42 Å². The number of halogens is 3. The largest absolute Gasteiger partial charge is 0.450 e. The minimum atomic E-state index is -4.83. The molecule has 1 N–H and O–H groups in total. The normalized spacial score (nSPS) is 16.4. The third kappa shape index (κ3) is 4.96. The van der Waals surface area contributed by atoms with Crippen molar-refractivity contribution in [2.75, 3.05) is 61.0 Å². The van der Waals surface area contributed by atoms with Crippen LogP contribution in [0.3, 0.4) is 0 Å². The molecule has 0 aliphatic carbocycles. The van der Waals surface area contributed by atoms with Crippen molar-refractivity contribution in [2.45, 2.75) is 19.5 Å². The number of nitrogens with one attached hydrogen (secondary N) is 1. The van der Waals surface area contributed by atoms with E-state index in [0.29, 0.717) is 51.7 Å². The molecule has 2 aromatic heterocycles. The highest BCUT2D eigenvalue weighted by atomic mass is 19.4. The van der Waals surface area contributed by atoms with Crippen LogP contribution in [0.25, 0.3) is 0 Å². The maximum atomic E-state index is 13.4. The summed E-state index contributed by atoms with van der Waals surface area (Å²) >= 11 is 0. The number of aromatic nitrogens is 2. The first-order valence-corrected chi connectivity index (χ1v) is 10.5. The number of nitrogens with zero attached hydrogens (tertiary/aromatic N) is 5. The topological polar surface area (TPSA) is 104 Å². The lowest BCUT2D eigenvalue weighted by atomic mass is 10.2. The average molecular weight is 468 g/mol. The highest BCUT2D eigenvalue weighted by molar-refractivity contribution is 6.03. The van der Waals surface area contributed by atoms with Crippen LogP contribution < -0.4 is 15.1 Å². The molecule has 2 aliphatic heterocycles. The lowest BCUT2D eigenvalue weighted by Crippen LogP contribution is -2.49. The van der Waals surface area contributed by atoms with Crippen LogP contribution >= 0.6 is 0 Å². The Morgan fingerprint density at radius 1 is 1.12 bits per heavy atom. The summed E-state index contributed by atoms with van der Waals surface area (Å²) in [5.74, 6) is -1.32. The summed E-state index contributed by atoms with van der Waals surface area (Å²) in [5.41, 5.74) is -1.14. The number of oxazole rings is 1. The van der Waals surface area contributed by atoms with Gasteiger partial charge in [-0.25, -0.2) is 9.78 Å². The summed E-state index contributed by atoms with van der Waals surface area (Å²) in [5, 5.41) is 2.38. The Balaban J connectivity index is 1.40. The van der Waals surface area contributed by atoms with Gasteiger partial charge in [-0.05, 0) is 25.5 Å². The van der Waals surface area contributed by atoms with Gasteiger partial charge in [0.2, 0.25) is 5.76 Å². The quantitative estimate of drug-likeness (QED) is 0.715. The molecule has 2 aromatic rings. The van der Waals surface area contributed by atoms with Gasteiger partial charge in [0.1, 0.15) is 5.82 Å². The Labute approximate surface area is 187 Å². The molecule has 2 fully saturated rings. The summed E-state index contributed by atoms with van der Waals surface area (Å²) in [4.78, 5) is 37.2. The number of hydrogen-bond donors (Lipinski definition) is 1. The molecular weight excluding hydrogens is 445 g/mol. The van der Waals surface area contributed by atoms with Crippen molar-refractivity contribution in [3.05, 3.63) is 29.8 Å². The number of carbonyl (C=O) groups is 2. The van der Waals surface area contributed by atoms with Gasteiger partial charge < -0.3 is 29.2 Å². The molecule has 178 valence electrons. The summed E-state index contributed by atoms with van der Waals surface area (Å²) in [6.07, 6.45) is -3.01. The van der Waals surface area contributed by atoms with Crippen LogP contribution in [-0.4, -0.2) is 72.7 Å². The van der Waals surface area contributed by atoms with E-state index >= 15 is 0 Å². The van der Waals surface area contributed by atoms with E-state index < -0.39 is 23.5 Å². The number of anilines is 3. The van der Waals surface area contributed by atoms with Crippen molar-refractivity contribution in [2.24, 2.45) is 0 Å². The Morgan fingerprint density at radius 2 is 1.85 bits per heavy atom. The molecule has 2 amide bonds. The summed E-state index contributed by atoms with van der Waals surface area (Å²) < 4.78 is 50.2. The number of pyridine rings is 1. The minimum Gasteiger partial charge on any atom is -0.450 e. The van der Waals surface area contributed by atoms with E-state index in [1.165, 1.54) is 17.2 Å². The molecule has 2 aliphatic rings. The van der Waals surface area contributed by atoms with Crippen LogP contribution in [0.5, 0.6) is 0 Å². The molecule has 0 aromatic carbocycles. The van der Waals surface area contributed by atoms with Gasteiger partial charge in [-0.15, -0.1) is 0 Å². The highest BCUT2D eigenvalue weighted by Gasteiger charge is 2.42. The van der Waals surface area contributed by atoms with Crippen molar-refractivity contribution in [1.82, 2.24) is 14.9 Å². The molecule has 0 atom stereocenters. The highest BCUT2D eigenvalue weighted by Crippen LogP contribution is 2.35. The molecule has 13 heteroatoms. The third-order valence-corrected chi connectivity index (χ3v) is 5.35. The second-order valence-electron chi connectivity index (χ2n) is 7.54. The van der Waals surface area contributed by atoms with Crippen molar-refractivity contribution in [3.8, 4) is 0 Å². The zero-order valence-corrected chi connectivity index (χ0v) is 17.9. The monoisotopic (exact) mass is 468 g/mol. The second-order valence-corrected chi connectivity index (χ2v) is 7.54. The molecule has 0 bridgehead atoms. The SMILES string of the molecule is CCOC(=O)N1CCN(c2ccc(NC(=O)c3oc(N4CCC4)nc3C(F)(F)F)cn2)CC1. The Bertz CT molecular complexity index is 998. The van der Waals surface area contributed by atoms with Gasteiger partial charge >= 0.3 is 12.3 Å². The first-order valence-electron chi connectivity index (χ1n) is 10.5. The Kier molecular flexibility index (Phi) is 6.29. The fourth-order valence-corrected chi connectivity index (χ4v) is 3.47. The number of amides is 2. The molecule has 2 saturated heterocycles. The van der Waals surface area contributed by atoms with E-state index in [2.05, 4.69) is 15.3 Å². The van der Waals surface area contributed by atoms with Crippen LogP contribution in [0, 0.1) is 0 Å². The summed E-state index contributed by atoms with van der Waals surface area (Å²) in [7, 11) is 0. The lowest BCUT2D eigenvalue weighted by Gasteiger charge is -2.34. The zero-order chi connectivity index (χ0) is 23.6. The summed E-state index contributed by atoms with van der Waals surface area (Å²) in [6, 6.07) is 2.97. The summed E-state index contributed by atoms with van der Waals surface area (Å²) in [6.45, 7) is 5.15. The average Bonchev–Trinajstić information content (AvgIpc) is 3.19. The van der Waals surface area contributed by atoms with Gasteiger partial charge in [-0.3, -0.25) is 4.79 Å². The second kappa shape index (κ2) is 9.16. The van der Waals surface area contributed by atoms with Crippen LogP contribution in [0.2, 0.25) is 0 Å². The van der Waals surface area contributed by atoms with E-state index in [1.807, 2.05) is 4.90 Å². The van der Waals surface area contributed by atoms with Crippen molar-refractivity contribution in [1.29, 1.82) is 0 Å². The zero-order valence-electron chi connectivity index (χ0n) is 17.9. The van der Waals surface area contributed by atoms with Crippen molar-refractivity contribution < 1.29 is 31.9 Å². The standard InChI is InChI=1S/C20H23F3N6O4/c1-2-32-19(31)29-10-8-27(9-11-29)14-5-4-13(12-24-14)25-17(30)15-16(20(21,22)23)26-18(33-15)28-6-3-7-28/h4-5,12H,2-3,6-11H2,1H3,(H,25,30). The molecule has 10 nitrogen and oxygen atoms in total. The number of alkyl halides is 3. The molecule has 4 heterocycles. The smallest absolute Gasteiger partial charge is 0.437 e. The predicted octanol–water partition coefficient (Wildman–Crippen LogP) is 2.83. The van der Waals surface area contributed by atoms with E-state index in [-0.39, 0.29) is 17.8 Å². The first kappa shape index (κ1) is 22.7. The Hall–Kier alpha value is -3.51. The van der Waals surface area contributed by atoms with Gasteiger partial charge in [0.05, 0.1) is 18.5 Å². The van der Waals surface area contributed by atoms with Gasteiger partial charge in [0.25, 0.3) is 11.9 Å². The predicted molar refractivity (Wildman–Crippen MR) is 111 cm³/mol. The van der Waals surface area contributed by atoms with Crippen LogP contribution in [-0.2, 0) is 10.9 Å². The molecule has 0 radical (unpaired) electrons.